The third-order valence-electron chi connectivity index (χ3n) is 3.68. The van der Waals surface area contributed by atoms with Crippen molar-refractivity contribution >= 4 is 0 Å². The summed E-state index contributed by atoms with van der Waals surface area (Å²) in [4.78, 5) is 4.00. The molecule has 2 rings (SSSR count). The van der Waals surface area contributed by atoms with Crippen LogP contribution in [0.5, 0.6) is 0 Å². The first-order valence-corrected chi connectivity index (χ1v) is 6.22. The molecule has 1 N–H and O–H groups in total. The number of halogens is 3. The summed E-state index contributed by atoms with van der Waals surface area (Å²) in [6, 6.07) is 0.193. The fourth-order valence-corrected chi connectivity index (χ4v) is 2.43. The largest absolute Gasteiger partial charge is 0.391 e. The zero-order valence-corrected chi connectivity index (χ0v) is 10.4. The number of hydrogen-bond acceptors (Lipinski definition) is 2. The van der Waals surface area contributed by atoms with Crippen molar-refractivity contribution in [3.05, 3.63) is 18.2 Å². The first kappa shape index (κ1) is 13.4. The molecule has 18 heavy (non-hydrogen) atoms. The Labute approximate surface area is 104 Å². The van der Waals surface area contributed by atoms with Crippen LogP contribution >= 0.6 is 0 Å². The number of nitrogens with one attached hydrogen (secondary N) is 1. The molecule has 1 aliphatic rings. The van der Waals surface area contributed by atoms with Gasteiger partial charge in [-0.2, -0.15) is 13.2 Å². The van der Waals surface area contributed by atoms with Gasteiger partial charge in [-0.05, 0) is 25.7 Å². The summed E-state index contributed by atoms with van der Waals surface area (Å²) in [5.41, 5.74) is 1.05. The van der Waals surface area contributed by atoms with Crippen LogP contribution in [0, 0.1) is 5.92 Å². The van der Waals surface area contributed by atoms with Gasteiger partial charge in [0, 0.05) is 25.8 Å². The van der Waals surface area contributed by atoms with Crippen molar-refractivity contribution in [1.82, 2.24) is 14.9 Å². The van der Waals surface area contributed by atoms with Gasteiger partial charge in [-0.15, -0.1) is 0 Å². The fourth-order valence-electron chi connectivity index (χ4n) is 2.43. The van der Waals surface area contributed by atoms with Gasteiger partial charge in [0.05, 0.1) is 17.9 Å². The molecule has 0 radical (unpaired) electrons. The lowest BCUT2D eigenvalue weighted by molar-refractivity contribution is -0.182. The van der Waals surface area contributed by atoms with Crippen LogP contribution in [0.1, 0.15) is 31.4 Å². The highest BCUT2D eigenvalue weighted by atomic mass is 19.4. The zero-order valence-electron chi connectivity index (χ0n) is 10.4. The van der Waals surface area contributed by atoms with Gasteiger partial charge in [0.1, 0.15) is 0 Å². The summed E-state index contributed by atoms with van der Waals surface area (Å²) in [5, 5.41) is 3.31. The topological polar surface area (TPSA) is 29.9 Å². The number of aromatic nitrogens is 2. The van der Waals surface area contributed by atoms with Gasteiger partial charge in [0.25, 0.3) is 0 Å². The van der Waals surface area contributed by atoms with Crippen molar-refractivity contribution in [3.63, 3.8) is 0 Å². The smallest absolute Gasteiger partial charge is 0.337 e. The summed E-state index contributed by atoms with van der Waals surface area (Å²) in [7, 11) is 1.91. The summed E-state index contributed by atoms with van der Waals surface area (Å²) in [6.45, 7) is 0.665. The number of nitrogens with zero attached hydrogens (tertiary/aromatic N) is 2. The van der Waals surface area contributed by atoms with Crippen molar-refractivity contribution in [2.45, 2.75) is 44.4 Å². The number of aryl methyl sites for hydroxylation is 1. The molecule has 0 saturated heterocycles. The maximum Gasteiger partial charge on any atom is 0.391 e. The van der Waals surface area contributed by atoms with Crippen LogP contribution in [0.3, 0.4) is 0 Å². The molecule has 1 fully saturated rings. The molecule has 0 bridgehead atoms. The first-order chi connectivity index (χ1) is 8.47. The molecule has 102 valence electrons. The molecular weight excluding hydrogens is 243 g/mol. The zero-order chi connectivity index (χ0) is 13.2. The second kappa shape index (κ2) is 5.30. The van der Waals surface area contributed by atoms with Gasteiger partial charge >= 0.3 is 6.18 Å². The van der Waals surface area contributed by atoms with Gasteiger partial charge in [0.2, 0.25) is 0 Å². The minimum absolute atomic E-state index is 0.193. The Morgan fingerprint density at radius 3 is 2.50 bits per heavy atom. The van der Waals surface area contributed by atoms with E-state index in [0.29, 0.717) is 19.4 Å². The molecule has 3 nitrogen and oxygen atoms in total. The summed E-state index contributed by atoms with van der Waals surface area (Å²) in [6.07, 6.45) is 1.15. The molecule has 0 amide bonds. The predicted octanol–water partition coefficient (Wildman–Crippen LogP) is 2.63. The van der Waals surface area contributed by atoms with Crippen molar-refractivity contribution in [1.29, 1.82) is 0 Å². The fraction of sp³-hybridized carbons (Fsp3) is 0.750. The van der Waals surface area contributed by atoms with Crippen LogP contribution in [0.25, 0.3) is 0 Å². The third-order valence-corrected chi connectivity index (χ3v) is 3.68. The standard InChI is InChI=1S/C12H18F3N3/c1-18-8-16-6-11(18)7-17-10-4-2-9(3-5-10)12(13,14)15/h6,8-10,17H,2-5,7H2,1H3. The van der Waals surface area contributed by atoms with E-state index in [9.17, 15) is 13.2 Å². The first-order valence-electron chi connectivity index (χ1n) is 6.22. The molecule has 0 aliphatic heterocycles. The average molecular weight is 261 g/mol. The quantitative estimate of drug-likeness (QED) is 0.906. The van der Waals surface area contributed by atoms with Crippen LogP contribution in [-0.2, 0) is 13.6 Å². The van der Waals surface area contributed by atoms with Crippen molar-refractivity contribution < 1.29 is 13.2 Å². The van der Waals surface area contributed by atoms with Gasteiger partial charge in [-0.25, -0.2) is 4.98 Å². The van der Waals surface area contributed by atoms with Crippen LogP contribution in [0.4, 0.5) is 13.2 Å². The maximum absolute atomic E-state index is 12.5. The molecule has 1 aliphatic carbocycles. The lowest BCUT2D eigenvalue weighted by Crippen LogP contribution is -2.36. The van der Waals surface area contributed by atoms with E-state index in [1.807, 2.05) is 11.6 Å². The number of rotatable bonds is 3. The molecule has 0 atom stereocenters. The highest BCUT2D eigenvalue weighted by Gasteiger charge is 2.41. The molecule has 0 aromatic carbocycles. The molecule has 0 unspecified atom stereocenters. The maximum atomic E-state index is 12.5. The lowest BCUT2D eigenvalue weighted by atomic mass is 9.85. The molecule has 1 aromatic rings. The lowest BCUT2D eigenvalue weighted by Gasteiger charge is -2.30. The highest BCUT2D eigenvalue weighted by Crippen LogP contribution is 2.37. The van der Waals surface area contributed by atoms with Gasteiger partial charge in [-0.3, -0.25) is 0 Å². The van der Waals surface area contributed by atoms with E-state index < -0.39 is 12.1 Å². The van der Waals surface area contributed by atoms with Gasteiger partial charge < -0.3 is 9.88 Å². The molecular formula is C12H18F3N3. The van der Waals surface area contributed by atoms with Gasteiger partial charge in [0.15, 0.2) is 0 Å². The molecule has 0 spiro atoms. The van der Waals surface area contributed by atoms with E-state index >= 15 is 0 Å². The molecule has 1 aromatic heterocycles. The van der Waals surface area contributed by atoms with Crippen molar-refractivity contribution in [3.8, 4) is 0 Å². The number of hydrogen-bond donors (Lipinski definition) is 1. The van der Waals surface area contributed by atoms with Crippen molar-refractivity contribution in [2.24, 2.45) is 13.0 Å². The minimum Gasteiger partial charge on any atom is -0.337 e. The third kappa shape index (κ3) is 3.25. The number of alkyl halides is 3. The van der Waals surface area contributed by atoms with Crippen LogP contribution in [0.2, 0.25) is 0 Å². The SMILES string of the molecule is Cn1cncc1CNC1CCC(C(F)(F)F)CC1. The summed E-state index contributed by atoms with van der Waals surface area (Å²) < 4.78 is 39.4. The average Bonchev–Trinajstić information content (AvgIpc) is 2.72. The van der Waals surface area contributed by atoms with Crippen LogP contribution < -0.4 is 5.32 Å². The predicted molar refractivity (Wildman–Crippen MR) is 61.8 cm³/mol. The normalized spacial score (nSPS) is 25.3. The van der Waals surface area contributed by atoms with E-state index in [4.69, 9.17) is 0 Å². The Hall–Kier alpha value is -1.04. The van der Waals surface area contributed by atoms with E-state index in [1.165, 1.54) is 0 Å². The summed E-state index contributed by atoms with van der Waals surface area (Å²) in [5.74, 6) is -1.10. The summed E-state index contributed by atoms with van der Waals surface area (Å²) >= 11 is 0. The molecule has 6 heteroatoms. The molecule has 1 heterocycles. The monoisotopic (exact) mass is 261 g/mol. The van der Waals surface area contributed by atoms with Crippen molar-refractivity contribution in [2.75, 3.05) is 0 Å². The Balaban J connectivity index is 1.76. The second-order valence-electron chi connectivity index (χ2n) is 4.97. The Morgan fingerprint density at radius 1 is 1.33 bits per heavy atom. The Bertz CT molecular complexity index is 378. The Morgan fingerprint density at radius 2 is 2.00 bits per heavy atom. The van der Waals surface area contributed by atoms with Crippen LogP contribution in [-0.4, -0.2) is 21.8 Å². The Kier molecular flexibility index (Phi) is 3.94. The molecule has 1 saturated carbocycles. The van der Waals surface area contributed by atoms with E-state index in [0.717, 1.165) is 5.69 Å². The highest BCUT2D eigenvalue weighted by molar-refractivity contribution is 4.97. The number of imidazole rings is 1. The van der Waals surface area contributed by atoms with Crippen LogP contribution in [0.15, 0.2) is 12.5 Å². The van der Waals surface area contributed by atoms with Gasteiger partial charge in [-0.1, -0.05) is 0 Å². The van der Waals surface area contributed by atoms with E-state index in [1.54, 1.807) is 12.5 Å². The second-order valence-corrected chi connectivity index (χ2v) is 4.97. The van der Waals surface area contributed by atoms with E-state index in [2.05, 4.69) is 10.3 Å². The minimum atomic E-state index is -4.02. The van der Waals surface area contributed by atoms with E-state index in [-0.39, 0.29) is 18.9 Å².